The summed E-state index contributed by atoms with van der Waals surface area (Å²) in [6, 6.07) is 5.46. The number of carbonyl (C=O) groups is 1. The minimum absolute atomic E-state index is 0.00794. The molecule has 0 spiro atoms. The van der Waals surface area contributed by atoms with E-state index in [-0.39, 0.29) is 18.2 Å². The molecule has 28 heavy (non-hydrogen) atoms. The van der Waals surface area contributed by atoms with Crippen molar-refractivity contribution in [2.24, 2.45) is 0 Å². The normalized spacial score (nSPS) is 34.9. The Balaban J connectivity index is 1.42. The second-order valence-electron chi connectivity index (χ2n) is 8.90. The maximum absolute atomic E-state index is 12.9. The summed E-state index contributed by atoms with van der Waals surface area (Å²) >= 11 is 6.76. The third-order valence-corrected chi connectivity index (χ3v) is 6.27. The van der Waals surface area contributed by atoms with Gasteiger partial charge in [0.1, 0.15) is 23.1 Å². The lowest BCUT2D eigenvalue weighted by Gasteiger charge is -2.39. The Morgan fingerprint density at radius 3 is 2.93 bits per heavy atom. The van der Waals surface area contributed by atoms with Gasteiger partial charge in [-0.2, -0.15) is 0 Å². The van der Waals surface area contributed by atoms with Crippen LogP contribution in [0.1, 0.15) is 45.6 Å². The lowest BCUT2D eigenvalue weighted by molar-refractivity contribution is -0.0417. The number of carbonyl (C=O) groups excluding carboxylic acids is 1. The smallest absolute Gasteiger partial charge is 0.411 e. The van der Waals surface area contributed by atoms with Crippen molar-refractivity contribution in [2.45, 2.75) is 75.0 Å². The summed E-state index contributed by atoms with van der Waals surface area (Å²) in [5.74, 6) is 0.324. The minimum atomic E-state index is -1.06. The van der Waals surface area contributed by atoms with Gasteiger partial charge in [0.15, 0.2) is 0 Å². The van der Waals surface area contributed by atoms with E-state index in [0.717, 1.165) is 30.6 Å². The van der Waals surface area contributed by atoms with Crippen LogP contribution in [0.4, 0.5) is 4.79 Å². The number of halogens is 1. The van der Waals surface area contributed by atoms with Gasteiger partial charge < -0.3 is 18.9 Å². The first-order valence-corrected chi connectivity index (χ1v) is 10.1. The summed E-state index contributed by atoms with van der Waals surface area (Å²) in [4.78, 5) is 14.6. The Morgan fingerprint density at radius 2 is 2.14 bits per heavy atom. The highest BCUT2D eigenvalue weighted by molar-refractivity contribution is 6.25. The summed E-state index contributed by atoms with van der Waals surface area (Å²) in [5.41, 5.74) is 0.537. The van der Waals surface area contributed by atoms with Crippen LogP contribution < -0.4 is 9.47 Å². The zero-order valence-electron chi connectivity index (χ0n) is 16.2. The highest BCUT2D eigenvalue weighted by Crippen LogP contribution is 2.65. The minimum Gasteiger partial charge on any atom is -0.465 e. The van der Waals surface area contributed by atoms with Gasteiger partial charge in [0.2, 0.25) is 5.06 Å². The number of ether oxygens (including phenoxy) is 4. The predicted octanol–water partition coefficient (Wildman–Crippen LogP) is 4.35. The highest BCUT2D eigenvalue weighted by atomic mass is 35.5. The number of nitrogens with zero attached hydrogens (tertiary/aromatic N) is 1. The third kappa shape index (κ3) is 2.69. The van der Waals surface area contributed by atoms with E-state index in [1.54, 1.807) is 11.2 Å². The van der Waals surface area contributed by atoms with Crippen molar-refractivity contribution in [3.63, 3.8) is 0 Å². The summed E-state index contributed by atoms with van der Waals surface area (Å²) in [7, 11) is 0. The molecule has 3 fully saturated rings. The molecule has 4 unspecified atom stereocenters. The molecular weight excluding hydrogens is 382 g/mol. The fourth-order valence-corrected chi connectivity index (χ4v) is 5.04. The fourth-order valence-electron chi connectivity index (χ4n) is 4.58. The van der Waals surface area contributed by atoms with Crippen molar-refractivity contribution < 1.29 is 23.7 Å². The second-order valence-corrected chi connectivity index (χ2v) is 9.51. The number of epoxide rings is 1. The molecule has 0 aromatic heterocycles. The number of amides is 1. The van der Waals surface area contributed by atoms with E-state index in [0.29, 0.717) is 12.2 Å². The third-order valence-electron chi connectivity index (χ3n) is 5.77. The molecule has 150 valence electrons. The lowest BCUT2D eigenvalue weighted by Crippen LogP contribution is -2.58. The summed E-state index contributed by atoms with van der Waals surface area (Å²) < 4.78 is 23.5. The van der Waals surface area contributed by atoms with Gasteiger partial charge in [-0.1, -0.05) is 17.7 Å². The molecule has 0 N–H and O–H groups in total. The predicted molar refractivity (Wildman–Crippen MR) is 102 cm³/mol. The maximum Gasteiger partial charge on any atom is 0.411 e. The number of fused-ring (bicyclic) bond motifs is 5. The Morgan fingerprint density at radius 1 is 1.32 bits per heavy atom. The number of alkyl halides is 1. The van der Waals surface area contributed by atoms with Crippen molar-refractivity contribution in [3.8, 4) is 11.5 Å². The second kappa shape index (κ2) is 5.80. The molecular formula is C21H24ClNO5. The van der Waals surface area contributed by atoms with Gasteiger partial charge in [-0.3, -0.25) is 4.90 Å². The molecule has 4 atom stereocenters. The first-order chi connectivity index (χ1) is 13.2. The highest BCUT2D eigenvalue weighted by Gasteiger charge is 2.82. The van der Waals surface area contributed by atoms with Crippen molar-refractivity contribution >= 4 is 17.7 Å². The molecule has 1 aromatic rings. The van der Waals surface area contributed by atoms with Crippen LogP contribution in [0.15, 0.2) is 30.5 Å². The molecule has 4 aliphatic rings. The van der Waals surface area contributed by atoms with E-state index in [4.69, 9.17) is 30.5 Å². The molecule has 3 saturated heterocycles. The molecule has 1 aromatic carbocycles. The largest absolute Gasteiger partial charge is 0.465 e. The molecule has 4 heterocycles. The molecule has 5 rings (SSSR count). The SMILES string of the molecule is CC(C)(C)OC(=O)N1C2CCC1C1(Oc3ccc4c(c3)OC=CC4)OC1(Cl)C2. The van der Waals surface area contributed by atoms with Crippen LogP contribution in [0.5, 0.6) is 11.5 Å². The van der Waals surface area contributed by atoms with Crippen LogP contribution in [-0.2, 0) is 15.9 Å². The molecule has 0 aliphatic carbocycles. The van der Waals surface area contributed by atoms with Crippen LogP contribution in [0.3, 0.4) is 0 Å². The molecule has 6 nitrogen and oxygen atoms in total. The molecule has 1 amide bonds. The number of hydrogen-bond donors (Lipinski definition) is 0. The van der Waals surface area contributed by atoms with Crippen LogP contribution in [0.25, 0.3) is 0 Å². The number of piperidine rings is 1. The van der Waals surface area contributed by atoms with Gasteiger partial charge in [-0.15, -0.1) is 0 Å². The zero-order valence-corrected chi connectivity index (χ0v) is 17.0. The van der Waals surface area contributed by atoms with E-state index in [1.807, 2.05) is 45.0 Å². The topological polar surface area (TPSA) is 60.5 Å². The monoisotopic (exact) mass is 405 g/mol. The Labute approximate surface area is 169 Å². The molecule has 0 radical (unpaired) electrons. The Hall–Kier alpha value is -1.92. The van der Waals surface area contributed by atoms with Gasteiger partial charge in [0, 0.05) is 18.5 Å². The van der Waals surface area contributed by atoms with E-state index >= 15 is 0 Å². The van der Waals surface area contributed by atoms with Crippen LogP contribution in [0.2, 0.25) is 0 Å². The van der Waals surface area contributed by atoms with Crippen molar-refractivity contribution in [1.29, 1.82) is 0 Å². The first kappa shape index (κ1) is 18.1. The molecule has 2 bridgehead atoms. The quantitative estimate of drug-likeness (QED) is 0.540. The maximum atomic E-state index is 12.9. The standard InChI is InChI=1S/C21H24ClNO5/c1-19(2,3)27-18(24)23-14-7-9-17(23)21(20(22,12-14)28-21)26-15-8-6-13-5-4-10-25-16(13)11-15/h4,6,8,10-11,14,17H,5,7,9,12H2,1-3H3. The average Bonchev–Trinajstić information content (AvgIpc) is 3.03. The van der Waals surface area contributed by atoms with Crippen molar-refractivity contribution in [1.82, 2.24) is 4.90 Å². The van der Waals surface area contributed by atoms with E-state index in [2.05, 4.69) is 0 Å². The first-order valence-electron chi connectivity index (χ1n) is 9.75. The number of hydrogen-bond acceptors (Lipinski definition) is 5. The van der Waals surface area contributed by atoms with Gasteiger partial charge in [0.05, 0.1) is 6.26 Å². The summed E-state index contributed by atoms with van der Waals surface area (Å²) in [6.45, 7) is 5.60. The summed E-state index contributed by atoms with van der Waals surface area (Å²) in [5, 5.41) is -0.909. The fraction of sp³-hybridized carbons (Fsp3) is 0.571. The van der Waals surface area contributed by atoms with Gasteiger partial charge in [-0.05, 0) is 57.7 Å². The lowest BCUT2D eigenvalue weighted by atomic mass is 9.99. The Kier molecular flexibility index (Phi) is 3.75. The van der Waals surface area contributed by atoms with Gasteiger partial charge >= 0.3 is 6.09 Å². The van der Waals surface area contributed by atoms with E-state index in [9.17, 15) is 4.79 Å². The number of allylic oxidation sites excluding steroid dienone is 1. The van der Waals surface area contributed by atoms with Crippen LogP contribution in [-0.4, -0.2) is 39.5 Å². The van der Waals surface area contributed by atoms with Crippen molar-refractivity contribution in [2.75, 3.05) is 0 Å². The van der Waals surface area contributed by atoms with Crippen LogP contribution >= 0.6 is 11.6 Å². The van der Waals surface area contributed by atoms with E-state index in [1.165, 1.54) is 0 Å². The summed E-state index contributed by atoms with van der Waals surface area (Å²) in [6.07, 6.45) is 6.29. The number of rotatable bonds is 2. The van der Waals surface area contributed by atoms with E-state index < -0.39 is 16.4 Å². The van der Waals surface area contributed by atoms with Gasteiger partial charge in [0.25, 0.3) is 5.79 Å². The van der Waals surface area contributed by atoms with Gasteiger partial charge in [-0.25, -0.2) is 4.79 Å². The van der Waals surface area contributed by atoms with Crippen LogP contribution in [0, 0.1) is 0 Å². The Bertz CT molecular complexity index is 865. The van der Waals surface area contributed by atoms with Crippen molar-refractivity contribution in [3.05, 3.63) is 36.1 Å². The average molecular weight is 406 g/mol. The zero-order chi connectivity index (χ0) is 19.7. The number of benzene rings is 1. The molecule has 7 heteroatoms. The molecule has 4 aliphatic heterocycles. The molecule has 0 saturated carbocycles.